The van der Waals surface area contributed by atoms with Crippen LogP contribution >= 0.6 is 39.1 Å². The van der Waals surface area contributed by atoms with Crippen molar-refractivity contribution in [3.8, 4) is 5.75 Å². The molecule has 0 radical (unpaired) electrons. The molecule has 1 N–H and O–H groups in total. The zero-order valence-corrected chi connectivity index (χ0v) is 25.4. The van der Waals surface area contributed by atoms with Gasteiger partial charge >= 0.3 is 5.69 Å². The van der Waals surface area contributed by atoms with Crippen LogP contribution in [0.1, 0.15) is 49.4 Å². The number of carbonyl (C=O) groups is 1. The Bertz CT molecular complexity index is 1800. The van der Waals surface area contributed by atoms with E-state index >= 15 is 0 Å². The number of nitro groups is 1. The van der Waals surface area contributed by atoms with Crippen LogP contribution in [0.3, 0.4) is 0 Å². The number of nitrogens with one attached hydrogen (secondary N) is 1. The number of allylic oxidation sites excluding steroid dienone is 1. The number of ether oxygens (including phenoxy) is 1. The number of hydrogen-bond donors (Lipinski definition) is 1. The van der Waals surface area contributed by atoms with Gasteiger partial charge in [0.25, 0.3) is 0 Å². The van der Waals surface area contributed by atoms with Gasteiger partial charge in [-0.15, -0.1) is 0 Å². The van der Waals surface area contributed by atoms with Crippen LogP contribution < -0.4 is 10.1 Å². The maximum atomic E-state index is 13.9. The van der Waals surface area contributed by atoms with E-state index in [0.29, 0.717) is 44.1 Å². The summed E-state index contributed by atoms with van der Waals surface area (Å²) in [6, 6.07) is 19.7. The first-order valence-electron chi connectivity index (χ1n) is 13.1. The molecule has 1 aliphatic carbocycles. The third-order valence-corrected chi connectivity index (χ3v) is 8.74. The minimum Gasteiger partial charge on any atom is -0.482 e. The molecule has 0 aromatic heterocycles. The van der Waals surface area contributed by atoms with Gasteiger partial charge in [-0.3, -0.25) is 14.9 Å². The number of halogens is 3. The summed E-state index contributed by atoms with van der Waals surface area (Å²) >= 11 is 15.9. The van der Waals surface area contributed by atoms with E-state index in [9.17, 15) is 14.9 Å². The lowest BCUT2D eigenvalue weighted by atomic mass is 9.67. The zero-order valence-electron chi connectivity index (χ0n) is 22.3. The van der Waals surface area contributed by atoms with Crippen LogP contribution in [0, 0.1) is 15.5 Å². The van der Waals surface area contributed by atoms with Gasteiger partial charge in [0.2, 0.25) is 5.75 Å². The highest BCUT2D eigenvalue weighted by Gasteiger charge is 2.42. The predicted octanol–water partition coefficient (Wildman–Crippen LogP) is 9.71. The highest BCUT2D eigenvalue weighted by molar-refractivity contribution is 9.10. The second kappa shape index (κ2) is 10.5. The van der Waals surface area contributed by atoms with Crippen molar-refractivity contribution >= 4 is 72.6 Å². The number of carbonyl (C=O) groups excluding carboxylic acids is 1. The van der Waals surface area contributed by atoms with Crippen LogP contribution in [0.15, 0.2) is 76.8 Å². The van der Waals surface area contributed by atoms with Gasteiger partial charge in [-0.25, -0.2) is 0 Å². The third-order valence-electron chi connectivity index (χ3n) is 7.70. The molecule has 208 valence electrons. The molecule has 2 aliphatic rings. The smallest absolute Gasteiger partial charge is 0.312 e. The maximum Gasteiger partial charge on any atom is 0.312 e. The van der Waals surface area contributed by atoms with Crippen molar-refractivity contribution < 1.29 is 14.5 Å². The molecule has 1 aliphatic heterocycles. The van der Waals surface area contributed by atoms with Gasteiger partial charge in [-0.05, 0) is 52.4 Å². The average Bonchev–Trinajstić information content (AvgIpc) is 2.91. The number of anilines is 1. The molecule has 4 aromatic rings. The first-order chi connectivity index (χ1) is 19.5. The largest absolute Gasteiger partial charge is 0.482 e. The molecule has 0 unspecified atom stereocenters. The molecule has 41 heavy (non-hydrogen) atoms. The second-order valence-corrected chi connectivity index (χ2v) is 13.0. The first-order valence-corrected chi connectivity index (χ1v) is 14.7. The lowest BCUT2D eigenvalue weighted by Crippen LogP contribution is -2.33. The lowest BCUT2D eigenvalue weighted by Gasteiger charge is -2.40. The SMILES string of the molecule is CC1(C)CC(=O)C2=C(C1)c1c(ccc3ccccc13)N[C@@H]2c1cc(Br)cc([N+](=O)[O-])c1OCc1ccc(Cl)cc1Cl. The molecule has 1 heterocycles. The summed E-state index contributed by atoms with van der Waals surface area (Å²) in [6.45, 7) is 4.18. The molecule has 0 saturated heterocycles. The van der Waals surface area contributed by atoms with Gasteiger partial charge in [-0.1, -0.05) is 89.4 Å². The minimum absolute atomic E-state index is 0.0154. The second-order valence-electron chi connectivity index (χ2n) is 11.2. The average molecular weight is 652 g/mol. The van der Waals surface area contributed by atoms with E-state index < -0.39 is 11.0 Å². The summed E-state index contributed by atoms with van der Waals surface area (Å²) in [5, 5.41) is 18.8. The minimum atomic E-state index is -0.658. The fraction of sp³-hybridized carbons (Fsp3) is 0.219. The summed E-state index contributed by atoms with van der Waals surface area (Å²) < 4.78 is 6.70. The molecule has 0 spiro atoms. The van der Waals surface area contributed by atoms with Crippen molar-refractivity contribution in [2.24, 2.45) is 5.41 Å². The van der Waals surface area contributed by atoms with Crippen LogP contribution in [0.5, 0.6) is 5.75 Å². The van der Waals surface area contributed by atoms with Gasteiger partial charge in [0.1, 0.15) is 6.61 Å². The van der Waals surface area contributed by atoms with E-state index in [1.54, 1.807) is 24.3 Å². The van der Waals surface area contributed by atoms with Crippen molar-refractivity contribution in [3.63, 3.8) is 0 Å². The third kappa shape index (κ3) is 5.11. The number of ketones is 1. The van der Waals surface area contributed by atoms with Gasteiger partial charge in [-0.2, -0.15) is 0 Å². The number of Topliss-reactive ketones (excluding diaryl/α,β-unsaturated/α-hetero) is 1. The molecule has 6 rings (SSSR count). The van der Waals surface area contributed by atoms with E-state index in [0.717, 1.165) is 27.6 Å². The molecule has 6 nitrogen and oxygen atoms in total. The topological polar surface area (TPSA) is 81.5 Å². The quantitative estimate of drug-likeness (QED) is 0.172. The van der Waals surface area contributed by atoms with Crippen LogP contribution in [0.4, 0.5) is 11.4 Å². The summed E-state index contributed by atoms with van der Waals surface area (Å²) in [5.74, 6) is 0.0945. The number of hydrogen-bond acceptors (Lipinski definition) is 5. The normalized spacial score (nSPS) is 17.6. The molecule has 0 saturated carbocycles. The van der Waals surface area contributed by atoms with Gasteiger partial charge in [0, 0.05) is 55.0 Å². The number of rotatable bonds is 5. The monoisotopic (exact) mass is 650 g/mol. The predicted molar refractivity (Wildman–Crippen MR) is 167 cm³/mol. The number of nitrogens with zero attached hydrogens (tertiary/aromatic N) is 1. The Morgan fingerprint density at radius 2 is 1.85 bits per heavy atom. The Hall–Kier alpha value is -3.39. The number of benzene rings is 4. The van der Waals surface area contributed by atoms with Crippen molar-refractivity contribution in [2.75, 3.05) is 5.32 Å². The van der Waals surface area contributed by atoms with E-state index in [1.165, 1.54) is 6.07 Å². The Balaban J connectivity index is 1.56. The van der Waals surface area contributed by atoms with Gasteiger partial charge < -0.3 is 10.1 Å². The Morgan fingerprint density at radius 3 is 2.61 bits per heavy atom. The van der Waals surface area contributed by atoms with Crippen LogP contribution in [-0.2, 0) is 11.4 Å². The highest BCUT2D eigenvalue weighted by Crippen LogP contribution is 2.54. The van der Waals surface area contributed by atoms with Crippen molar-refractivity contribution in [1.29, 1.82) is 0 Å². The zero-order chi connectivity index (χ0) is 29.1. The Kier molecular flexibility index (Phi) is 7.09. The summed E-state index contributed by atoms with van der Waals surface area (Å²) in [5.41, 5.74) is 4.14. The van der Waals surface area contributed by atoms with E-state index in [1.807, 2.05) is 24.3 Å². The van der Waals surface area contributed by atoms with Crippen LogP contribution in [0.2, 0.25) is 10.0 Å². The van der Waals surface area contributed by atoms with E-state index in [2.05, 4.69) is 47.2 Å². The fourth-order valence-corrected chi connectivity index (χ4v) is 6.89. The van der Waals surface area contributed by atoms with Gasteiger partial charge in [0.15, 0.2) is 5.78 Å². The molecule has 0 bridgehead atoms. The van der Waals surface area contributed by atoms with Gasteiger partial charge in [0.05, 0.1) is 11.0 Å². The molecule has 9 heteroatoms. The molecule has 0 fully saturated rings. The Morgan fingerprint density at radius 1 is 1.07 bits per heavy atom. The summed E-state index contributed by atoms with van der Waals surface area (Å²) in [4.78, 5) is 25.7. The number of fused-ring (bicyclic) bond motifs is 4. The Labute approximate surface area is 255 Å². The highest BCUT2D eigenvalue weighted by atomic mass is 79.9. The van der Waals surface area contributed by atoms with E-state index in [-0.39, 0.29) is 29.2 Å². The van der Waals surface area contributed by atoms with Crippen molar-refractivity contribution in [2.45, 2.75) is 39.3 Å². The lowest BCUT2D eigenvalue weighted by molar-refractivity contribution is -0.386. The molecular weight excluding hydrogens is 627 g/mol. The van der Waals surface area contributed by atoms with Crippen LogP contribution in [0.25, 0.3) is 16.3 Å². The first kappa shape index (κ1) is 27.8. The molecule has 1 atom stereocenters. The van der Waals surface area contributed by atoms with Crippen molar-refractivity contribution in [1.82, 2.24) is 0 Å². The molecule has 4 aromatic carbocycles. The number of nitro benzene ring substituents is 1. The van der Waals surface area contributed by atoms with E-state index in [4.69, 9.17) is 27.9 Å². The van der Waals surface area contributed by atoms with Crippen molar-refractivity contribution in [3.05, 3.63) is 114 Å². The summed E-state index contributed by atoms with van der Waals surface area (Å²) in [6.07, 6.45) is 1.07. The van der Waals surface area contributed by atoms with Crippen LogP contribution in [-0.4, -0.2) is 10.7 Å². The standard InChI is InChI=1S/C32H25BrCl2N2O4/c1-32(2)14-23-28-21-6-4-3-5-17(21)8-10-25(28)36-30(29(23)27(38)15-32)22-11-19(33)12-26(37(39)40)31(22)41-16-18-7-9-20(34)13-24(18)35/h3-13,30,36H,14-16H2,1-2H3/t30-/m1/s1. The molecular formula is C32H25BrCl2N2O4. The fourth-order valence-electron chi connectivity index (χ4n) is 5.97. The summed E-state index contributed by atoms with van der Waals surface area (Å²) in [7, 11) is 0. The molecule has 0 amide bonds. The maximum absolute atomic E-state index is 13.9.